The van der Waals surface area contributed by atoms with E-state index in [1.165, 1.54) is 17.5 Å². The third kappa shape index (κ3) is 6.86. The molecule has 0 bridgehead atoms. The Hall–Kier alpha value is -2.29. The number of ether oxygens (including phenoxy) is 1. The fourth-order valence-corrected chi connectivity index (χ4v) is 2.56. The number of carbonyl (C=O) groups is 1. The van der Waals surface area contributed by atoms with Crippen LogP contribution in [0.15, 0.2) is 48.5 Å². The van der Waals surface area contributed by atoms with E-state index in [0.717, 1.165) is 37.2 Å². The van der Waals surface area contributed by atoms with Crippen LogP contribution in [0.1, 0.15) is 42.4 Å². The molecule has 2 aromatic carbocycles. The third-order valence-corrected chi connectivity index (χ3v) is 4.05. The van der Waals surface area contributed by atoms with Crippen LogP contribution in [0.25, 0.3) is 0 Å². The standard InChI is InChI=1S/C21H26O3/c1-17-6-8-18(9-7-17)5-3-2-4-16-24-20-13-10-19(11-14-20)12-15-21(22)23/h6-11,13-14H,2-5,12,15-16H2,1H3,(H,22,23). The first-order chi connectivity index (χ1) is 11.6. The molecule has 0 aliphatic carbocycles. The maximum absolute atomic E-state index is 10.5. The fourth-order valence-electron chi connectivity index (χ4n) is 2.56. The summed E-state index contributed by atoms with van der Waals surface area (Å²) in [5, 5.41) is 8.68. The number of carboxylic acids is 1. The highest BCUT2D eigenvalue weighted by Gasteiger charge is 2.00. The van der Waals surface area contributed by atoms with Crippen LogP contribution < -0.4 is 4.74 Å². The maximum Gasteiger partial charge on any atom is 0.303 e. The van der Waals surface area contributed by atoms with E-state index >= 15 is 0 Å². The van der Waals surface area contributed by atoms with Crippen LogP contribution in [-0.4, -0.2) is 17.7 Å². The van der Waals surface area contributed by atoms with Crippen molar-refractivity contribution in [2.75, 3.05) is 6.61 Å². The molecule has 2 aromatic rings. The van der Waals surface area contributed by atoms with Crippen molar-refractivity contribution < 1.29 is 14.6 Å². The number of hydrogen-bond donors (Lipinski definition) is 1. The van der Waals surface area contributed by atoms with E-state index in [1.54, 1.807) is 0 Å². The van der Waals surface area contributed by atoms with Gasteiger partial charge in [0.15, 0.2) is 0 Å². The van der Waals surface area contributed by atoms with Gasteiger partial charge in [-0.15, -0.1) is 0 Å². The Morgan fingerprint density at radius 1 is 0.875 bits per heavy atom. The van der Waals surface area contributed by atoms with Gasteiger partial charge >= 0.3 is 5.97 Å². The highest BCUT2D eigenvalue weighted by molar-refractivity contribution is 5.67. The van der Waals surface area contributed by atoms with Gasteiger partial charge in [0.05, 0.1) is 6.61 Å². The van der Waals surface area contributed by atoms with Crippen LogP contribution in [0.5, 0.6) is 5.75 Å². The van der Waals surface area contributed by atoms with E-state index in [-0.39, 0.29) is 6.42 Å². The Morgan fingerprint density at radius 2 is 1.50 bits per heavy atom. The second kappa shape index (κ2) is 9.76. The zero-order valence-electron chi connectivity index (χ0n) is 14.3. The third-order valence-electron chi connectivity index (χ3n) is 4.05. The van der Waals surface area contributed by atoms with Gasteiger partial charge in [-0.05, 0) is 62.3 Å². The quantitative estimate of drug-likeness (QED) is 0.638. The second-order valence-corrected chi connectivity index (χ2v) is 6.18. The average Bonchev–Trinajstić information content (AvgIpc) is 2.58. The Labute approximate surface area is 144 Å². The van der Waals surface area contributed by atoms with Crippen molar-refractivity contribution in [3.8, 4) is 5.75 Å². The predicted octanol–water partition coefficient (Wildman–Crippen LogP) is 4.80. The maximum atomic E-state index is 10.5. The molecule has 0 heterocycles. The van der Waals surface area contributed by atoms with Crippen molar-refractivity contribution in [2.45, 2.75) is 45.4 Å². The SMILES string of the molecule is Cc1ccc(CCCCCOc2ccc(CCC(=O)O)cc2)cc1. The summed E-state index contributed by atoms with van der Waals surface area (Å²) >= 11 is 0. The molecule has 3 heteroatoms. The summed E-state index contributed by atoms with van der Waals surface area (Å²) in [5.41, 5.74) is 3.74. The lowest BCUT2D eigenvalue weighted by Gasteiger charge is -2.07. The van der Waals surface area contributed by atoms with Crippen LogP contribution in [0.4, 0.5) is 0 Å². The predicted molar refractivity (Wildman–Crippen MR) is 96.6 cm³/mol. The van der Waals surface area contributed by atoms with E-state index in [4.69, 9.17) is 9.84 Å². The van der Waals surface area contributed by atoms with Crippen molar-refractivity contribution >= 4 is 5.97 Å². The van der Waals surface area contributed by atoms with Crippen LogP contribution in [0.2, 0.25) is 0 Å². The van der Waals surface area contributed by atoms with Crippen molar-refractivity contribution in [3.05, 3.63) is 65.2 Å². The first kappa shape index (κ1) is 18.1. The number of hydrogen-bond acceptors (Lipinski definition) is 2. The molecule has 128 valence electrons. The Kier molecular flexibility index (Phi) is 7.34. The summed E-state index contributed by atoms with van der Waals surface area (Å²) in [4.78, 5) is 10.5. The van der Waals surface area contributed by atoms with Gasteiger partial charge < -0.3 is 9.84 Å². The number of aryl methyl sites for hydroxylation is 3. The Morgan fingerprint density at radius 3 is 2.17 bits per heavy atom. The van der Waals surface area contributed by atoms with E-state index in [0.29, 0.717) is 6.42 Å². The van der Waals surface area contributed by atoms with E-state index in [2.05, 4.69) is 31.2 Å². The summed E-state index contributed by atoms with van der Waals surface area (Å²) < 4.78 is 5.74. The van der Waals surface area contributed by atoms with E-state index in [9.17, 15) is 4.79 Å². The van der Waals surface area contributed by atoms with Crippen LogP contribution in [-0.2, 0) is 17.6 Å². The zero-order valence-corrected chi connectivity index (χ0v) is 14.3. The molecule has 0 saturated carbocycles. The minimum atomic E-state index is -0.763. The molecule has 0 aliphatic rings. The molecule has 0 atom stereocenters. The van der Waals surface area contributed by atoms with Gasteiger partial charge in [-0.1, -0.05) is 42.0 Å². The molecule has 2 rings (SSSR count). The smallest absolute Gasteiger partial charge is 0.303 e. The molecule has 0 saturated heterocycles. The van der Waals surface area contributed by atoms with Gasteiger partial charge in [0, 0.05) is 6.42 Å². The molecule has 1 N–H and O–H groups in total. The summed E-state index contributed by atoms with van der Waals surface area (Å²) in [6, 6.07) is 16.5. The number of rotatable bonds is 10. The van der Waals surface area contributed by atoms with Crippen LogP contribution >= 0.6 is 0 Å². The molecule has 0 unspecified atom stereocenters. The zero-order chi connectivity index (χ0) is 17.2. The van der Waals surface area contributed by atoms with Gasteiger partial charge in [0.25, 0.3) is 0 Å². The van der Waals surface area contributed by atoms with Crippen LogP contribution in [0.3, 0.4) is 0 Å². The highest BCUT2D eigenvalue weighted by Crippen LogP contribution is 2.14. The van der Waals surface area contributed by atoms with Gasteiger partial charge in [0.1, 0.15) is 5.75 Å². The van der Waals surface area contributed by atoms with Gasteiger partial charge in [-0.2, -0.15) is 0 Å². The minimum Gasteiger partial charge on any atom is -0.494 e. The molecular weight excluding hydrogens is 300 g/mol. The summed E-state index contributed by atoms with van der Waals surface area (Å²) in [6.07, 6.45) is 5.24. The van der Waals surface area contributed by atoms with Gasteiger partial charge in [-0.3, -0.25) is 4.79 Å². The molecule has 3 nitrogen and oxygen atoms in total. The molecule has 24 heavy (non-hydrogen) atoms. The number of carboxylic acid groups (broad SMARTS) is 1. The van der Waals surface area contributed by atoms with Crippen molar-refractivity contribution in [3.63, 3.8) is 0 Å². The first-order valence-corrected chi connectivity index (χ1v) is 8.62. The van der Waals surface area contributed by atoms with Gasteiger partial charge in [-0.25, -0.2) is 0 Å². The molecule has 0 spiro atoms. The summed E-state index contributed by atoms with van der Waals surface area (Å²) in [6.45, 7) is 2.84. The lowest BCUT2D eigenvalue weighted by Crippen LogP contribution is -1.99. The second-order valence-electron chi connectivity index (χ2n) is 6.18. The Balaban J connectivity index is 1.58. The number of aliphatic carboxylic acids is 1. The highest BCUT2D eigenvalue weighted by atomic mass is 16.5. The van der Waals surface area contributed by atoms with E-state index in [1.807, 2.05) is 24.3 Å². The first-order valence-electron chi connectivity index (χ1n) is 8.62. The monoisotopic (exact) mass is 326 g/mol. The lowest BCUT2D eigenvalue weighted by molar-refractivity contribution is -0.136. The fraction of sp³-hybridized carbons (Fsp3) is 0.381. The van der Waals surface area contributed by atoms with E-state index < -0.39 is 5.97 Å². The van der Waals surface area contributed by atoms with Crippen molar-refractivity contribution in [2.24, 2.45) is 0 Å². The molecular formula is C21H26O3. The molecule has 0 amide bonds. The minimum absolute atomic E-state index is 0.168. The summed E-state index contributed by atoms with van der Waals surface area (Å²) in [5.74, 6) is 0.0913. The van der Waals surface area contributed by atoms with Crippen LogP contribution in [0, 0.1) is 6.92 Å². The molecule has 0 fully saturated rings. The number of unbranched alkanes of at least 4 members (excludes halogenated alkanes) is 2. The normalized spacial score (nSPS) is 10.5. The molecule has 0 aromatic heterocycles. The van der Waals surface area contributed by atoms with Gasteiger partial charge in [0.2, 0.25) is 0 Å². The lowest BCUT2D eigenvalue weighted by atomic mass is 10.1. The number of benzene rings is 2. The van der Waals surface area contributed by atoms with Crippen molar-refractivity contribution in [1.82, 2.24) is 0 Å². The largest absolute Gasteiger partial charge is 0.494 e. The van der Waals surface area contributed by atoms with Crippen molar-refractivity contribution in [1.29, 1.82) is 0 Å². The topological polar surface area (TPSA) is 46.5 Å². The summed E-state index contributed by atoms with van der Waals surface area (Å²) in [7, 11) is 0. The average molecular weight is 326 g/mol. The molecule has 0 radical (unpaired) electrons. The Bertz CT molecular complexity index is 615. The molecule has 0 aliphatic heterocycles.